The Bertz CT molecular complexity index is 988. The first kappa shape index (κ1) is 24.1. The van der Waals surface area contributed by atoms with Crippen molar-refractivity contribution in [3.8, 4) is 0 Å². The predicted molar refractivity (Wildman–Crippen MR) is 146 cm³/mol. The number of rotatable bonds is 8. The van der Waals surface area contributed by atoms with Gasteiger partial charge in [-0.25, -0.2) is 0 Å². The summed E-state index contributed by atoms with van der Waals surface area (Å²) < 4.78 is 0. The van der Waals surface area contributed by atoms with Crippen LogP contribution < -0.4 is 0 Å². The minimum atomic E-state index is 0.0956. The van der Waals surface area contributed by atoms with Crippen LogP contribution in [-0.4, -0.2) is 0 Å². The Morgan fingerprint density at radius 3 is 1.39 bits per heavy atom. The lowest BCUT2D eigenvalue weighted by atomic mass is 9.60. The maximum atomic E-state index is 2.57. The Labute approximate surface area is 203 Å². The Kier molecular flexibility index (Phi) is 6.77. The van der Waals surface area contributed by atoms with Gasteiger partial charge in [-0.05, 0) is 63.5 Å². The second kappa shape index (κ2) is 9.28. The summed E-state index contributed by atoms with van der Waals surface area (Å²) in [4.78, 5) is 0. The molecule has 0 saturated heterocycles. The molecule has 0 aliphatic heterocycles. The van der Waals surface area contributed by atoms with Gasteiger partial charge in [0.2, 0.25) is 0 Å². The Balaban J connectivity index is 1.88. The van der Waals surface area contributed by atoms with Crippen molar-refractivity contribution in [2.75, 3.05) is 0 Å². The molecule has 2 aromatic rings. The summed E-state index contributed by atoms with van der Waals surface area (Å²) in [7, 11) is 0. The summed E-state index contributed by atoms with van der Waals surface area (Å²) in [5.41, 5.74) is 12.6. The lowest BCUT2D eigenvalue weighted by Crippen LogP contribution is -2.32. The molecule has 2 unspecified atom stereocenters. The molecular formula is C33H44. The van der Waals surface area contributed by atoms with E-state index in [4.69, 9.17) is 0 Å². The second-order valence-electron chi connectivity index (χ2n) is 11.6. The van der Waals surface area contributed by atoms with Crippen molar-refractivity contribution in [3.05, 3.63) is 80.9 Å². The van der Waals surface area contributed by atoms with Gasteiger partial charge in [0.1, 0.15) is 0 Å². The molecule has 0 aromatic heterocycles. The number of aryl methyl sites for hydroxylation is 2. The van der Waals surface area contributed by atoms with E-state index in [1.807, 2.05) is 0 Å². The van der Waals surface area contributed by atoms with Crippen molar-refractivity contribution < 1.29 is 0 Å². The molecule has 2 atom stereocenters. The van der Waals surface area contributed by atoms with Crippen LogP contribution in [0.1, 0.15) is 113 Å². The fraction of sp³-hybridized carbons (Fsp3) is 0.515. The van der Waals surface area contributed by atoms with E-state index in [2.05, 4.69) is 104 Å². The first-order chi connectivity index (χ1) is 15.7. The molecule has 0 heteroatoms. The third-order valence-corrected chi connectivity index (χ3v) is 8.23. The Morgan fingerprint density at radius 1 is 0.667 bits per heavy atom. The fourth-order valence-electron chi connectivity index (χ4n) is 6.78. The lowest BCUT2D eigenvalue weighted by molar-refractivity contribution is 0.258. The maximum absolute atomic E-state index is 2.57. The van der Waals surface area contributed by atoms with Crippen molar-refractivity contribution >= 4 is 12.2 Å². The summed E-state index contributed by atoms with van der Waals surface area (Å²) in [6.45, 7) is 19.3. The minimum Gasteiger partial charge on any atom is -0.0651 e. The summed E-state index contributed by atoms with van der Waals surface area (Å²) in [6.07, 6.45) is 9.88. The van der Waals surface area contributed by atoms with Crippen LogP contribution in [0.15, 0.2) is 47.5 Å². The topological polar surface area (TPSA) is 0 Å². The van der Waals surface area contributed by atoms with Gasteiger partial charge < -0.3 is 0 Å². The van der Waals surface area contributed by atoms with E-state index in [0.29, 0.717) is 23.7 Å². The molecule has 0 fully saturated rings. The van der Waals surface area contributed by atoms with E-state index in [0.717, 1.165) is 0 Å². The molecule has 2 aliphatic carbocycles. The van der Waals surface area contributed by atoms with Crippen LogP contribution in [0.3, 0.4) is 0 Å². The van der Waals surface area contributed by atoms with Gasteiger partial charge in [0.15, 0.2) is 0 Å². The van der Waals surface area contributed by atoms with Crippen LogP contribution in [0.25, 0.3) is 12.2 Å². The highest BCUT2D eigenvalue weighted by Crippen LogP contribution is 2.60. The maximum Gasteiger partial charge on any atom is 0.0120 e. The number of fused-ring (bicyclic) bond motifs is 2. The highest BCUT2D eigenvalue weighted by molar-refractivity contribution is 5.74. The molecule has 0 N–H and O–H groups in total. The molecule has 0 saturated carbocycles. The number of hydrogen-bond donors (Lipinski definition) is 0. The Morgan fingerprint density at radius 2 is 1.06 bits per heavy atom. The number of allylic oxidation sites excluding steroid dienone is 2. The van der Waals surface area contributed by atoms with Crippen molar-refractivity contribution in [3.63, 3.8) is 0 Å². The van der Waals surface area contributed by atoms with Crippen LogP contribution in [0.2, 0.25) is 0 Å². The van der Waals surface area contributed by atoms with E-state index in [-0.39, 0.29) is 5.41 Å². The summed E-state index contributed by atoms with van der Waals surface area (Å²) >= 11 is 0. The molecule has 0 heterocycles. The number of benzene rings is 2. The van der Waals surface area contributed by atoms with Crippen molar-refractivity contribution in [1.29, 1.82) is 0 Å². The molecule has 2 aromatic carbocycles. The number of hydrogen-bond acceptors (Lipinski definition) is 0. The van der Waals surface area contributed by atoms with Crippen LogP contribution in [-0.2, 0) is 12.8 Å². The standard InChI is InChI=1S/C33H44/c1-9-13-23-15-11-17-25-29(23)19-27(21(3)4)31(25)33(7,8)32-26-18-12-16-24(14-10-2)30(26)20-28(32)22(5)6/h11-12,15-22,31-32H,9-10,13-14H2,1-8H3. The lowest BCUT2D eigenvalue weighted by Gasteiger charge is -2.43. The molecule has 0 radical (unpaired) electrons. The first-order valence-corrected chi connectivity index (χ1v) is 13.4. The molecule has 33 heavy (non-hydrogen) atoms. The molecule has 176 valence electrons. The predicted octanol–water partition coefficient (Wildman–Crippen LogP) is 9.59. The van der Waals surface area contributed by atoms with E-state index in [1.54, 1.807) is 22.3 Å². The van der Waals surface area contributed by atoms with Gasteiger partial charge in [0.25, 0.3) is 0 Å². The van der Waals surface area contributed by atoms with Crippen LogP contribution in [0.4, 0.5) is 0 Å². The molecule has 0 spiro atoms. The van der Waals surface area contributed by atoms with E-state index >= 15 is 0 Å². The molecule has 0 nitrogen and oxygen atoms in total. The van der Waals surface area contributed by atoms with Crippen molar-refractivity contribution in [2.24, 2.45) is 17.3 Å². The van der Waals surface area contributed by atoms with E-state index in [9.17, 15) is 0 Å². The zero-order chi connectivity index (χ0) is 23.9. The average molecular weight is 441 g/mol. The molecular weight excluding hydrogens is 396 g/mol. The first-order valence-electron chi connectivity index (χ1n) is 13.4. The van der Waals surface area contributed by atoms with Gasteiger partial charge in [0.05, 0.1) is 0 Å². The largest absolute Gasteiger partial charge is 0.0651 e. The summed E-state index contributed by atoms with van der Waals surface area (Å²) in [5.74, 6) is 2.01. The molecule has 4 rings (SSSR count). The zero-order valence-corrected chi connectivity index (χ0v) is 22.3. The molecule has 0 amide bonds. The van der Waals surface area contributed by atoms with Gasteiger partial charge in [-0.3, -0.25) is 0 Å². The highest BCUT2D eigenvalue weighted by atomic mass is 14.5. The van der Waals surface area contributed by atoms with Crippen molar-refractivity contribution in [2.45, 2.75) is 92.9 Å². The second-order valence-corrected chi connectivity index (χ2v) is 11.6. The average Bonchev–Trinajstić information content (AvgIpc) is 3.35. The third-order valence-electron chi connectivity index (χ3n) is 8.23. The van der Waals surface area contributed by atoms with E-state index in [1.165, 1.54) is 47.9 Å². The van der Waals surface area contributed by atoms with Gasteiger partial charge in [-0.1, -0.05) is 128 Å². The van der Waals surface area contributed by atoms with Gasteiger partial charge in [-0.15, -0.1) is 0 Å². The summed E-state index contributed by atoms with van der Waals surface area (Å²) in [6, 6.07) is 14.2. The highest BCUT2D eigenvalue weighted by Gasteiger charge is 2.48. The smallest absolute Gasteiger partial charge is 0.0120 e. The van der Waals surface area contributed by atoms with Crippen LogP contribution in [0.5, 0.6) is 0 Å². The monoisotopic (exact) mass is 440 g/mol. The van der Waals surface area contributed by atoms with Gasteiger partial charge in [0, 0.05) is 11.8 Å². The quantitative estimate of drug-likeness (QED) is 0.383. The van der Waals surface area contributed by atoms with Gasteiger partial charge in [-0.2, -0.15) is 0 Å². The van der Waals surface area contributed by atoms with Crippen molar-refractivity contribution in [1.82, 2.24) is 0 Å². The third kappa shape index (κ3) is 4.05. The minimum absolute atomic E-state index is 0.0956. The van der Waals surface area contributed by atoms with Gasteiger partial charge >= 0.3 is 0 Å². The normalized spacial score (nSPS) is 19.7. The summed E-state index contributed by atoms with van der Waals surface area (Å²) in [5, 5.41) is 0. The molecule has 0 bridgehead atoms. The van der Waals surface area contributed by atoms with E-state index < -0.39 is 0 Å². The van der Waals surface area contributed by atoms with Crippen LogP contribution in [0, 0.1) is 17.3 Å². The molecule has 2 aliphatic rings. The van der Waals surface area contributed by atoms with Crippen LogP contribution >= 0.6 is 0 Å². The SMILES string of the molecule is CCCc1cccc2c1C=C(C(C)C)C2C(C)(C)C1C(C(C)C)=Cc2c(CCC)cccc21. The zero-order valence-electron chi connectivity index (χ0n) is 22.3. The Hall–Kier alpha value is -2.08. The fourth-order valence-corrected chi connectivity index (χ4v) is 6.78.